The van der Waals surface area contributed by atoms with Gasteiger partial charge in [0.25, 0.3) is 0 Å². The van der Waals surface area contributed by atoms with Gasteiger partial charge in [-0.1, -0.05) is 19.8 Å². The number of carboxylic acid groups (broad SMARTS) is 1. The van der Waals surface area contributed by atoms with Crippen LogP contribution in [-0.4, -0.2) is 35.6 Å². The summed E-state index contributed by atoms with van der Waals surface area (Å²) in [6, 6.07) is 0.128. The van der Waals surface area contributed by atoms with Gasteiger partial charge in [0.2, 0.25) is 0 Å². The van der Waals surface area contributed by atoms with Crippen molar-refractivity contribution in [1.82, 2.24) is 4.90 Å². The second-order valence-electron chi connectivity index (χ2n) is 4.96. The number of carboxylic acids is 1. The molecule has 0 bridgehead atoms. The highest BCUT2D eigenvalue weighted by Crippen LogP contribution is 2.26. The fourth-order valence-corrected chi connectivity index (χ4v) is 2.35. The Kier molecular flexibility index (Phi) is 4.58. The average Bonchev–Trinajstić information content (AvgIpc) is 2.67. The topological polar surface area (TPSA) is 40.5 Å². The lowest BCUT2D eigenvalue weighted by atomic mass is 10.0. The van der Waals surface area contributed by atoms with Crippen molar-refractivity contribution in [3.63, 3.8) is 0 Å². The van der Waals surface area contributed by atoms with Crippen molar-refractivity contribution in [1.29, 1.82) is 0 Å². The lowest BCUT2D eigenvalue weighted by Gasteiger charge is -2.29. The zero-order valence-electron chi connectivity index (χ0n) is 10.1. The van der Waals surface area contributed by atoms with Gasteiger partial charge in [-0.25, -0.2) is 0 Å². The van der Waals surface area contributed by atoms with Gasteiger partial charge in [-0.15, -0.1) is 0 Å². The Morgan fingerprint density at radius 2 is 1.93 bits per heavy atom. The number of hydrogen-bond acceptors (Lipinski definition) is 2. The molecule has 15 heavy (non-hydrogen) atoms. The standard InChI is InChI=1S/C12H23NO2/c1-9(12(14)15)10(2)13(3)8-11-6-4-5-7-11/h9-11H,4-8H2,1-3H3,(H,14,15). The third-order valence-electron chi connectivity index (χ3n) is 3.83. The van der Waals surface area contributed by atoms with Gasteiger partial charge in [0, 0.05) is 12.6 Å². The number of carbonyl (C=O) groups is 1. The molecule has 0 aromatic rings. The predicted octanol–water partition coefficient (Wildman–Crippen LogP) is 2.22. The Labute approximate surface area is 92.5 Å². The van der Waals surface area contributed by atoms with Gasteiger partial charge in [0.1, 0.15) is 0 Å². The fraction of sp³-hybridized carbons (Fsp3) is 0.917. The molecule has 0 aliphatic heterocycles. The minimum atomic E-state index is -0.694. The lowest BCUT2D eigenvalue weighted by Crippen LogP contribution is -2.40. The minimum Gasteiger partial charge on any atom is -0.481 e. The first kappa shape index (κ1) is 12.5. The average molecular weight is 213 g/mol. The second kappa shape index (κ2) is 5.50. The molecule has 3 heteroatoms. The molecule has 1 rings (SSSR count). The third kappa shape index (κ3) is 3.49. The van der Waals surface area contributed by atoms with Crippen LogP contribution in [0.2, 0.25) is 0 Å². The SMILES string of the molecule is CC(C(=O)O)C(C)N(C)CC1CCCC1. The smallest absolute Gasteiger partial charge is 0.307 e. The molecule has 0 heterocycles. The molecule has 1 aliphatic carbocycles. The van der Waals surface area contributed by atoms with E-state index in [2.05, 4.69) is 4.90 Å². The number of nitrogens with zero attached hydrogens (tertiary/aromatic N) is 1. The summed E-state index contributed by atoms with van der Waals surface area (Å²) >= 11 is 0. The maximum absolute atomic E-state index is 10.9. The van der Waals surface area contributed by atoms with Gasteiger partial charge in [0.15, 0.2) is 0 Å². The van der Waals surface area contributed by atoms with Gasteiger partial charge < -0.3 is 10.0 Å². The Morgan fingerprint density at radius 1 is 1.40 bits per heavy atom. The van der Waals surface area contributed by atoms with E-state index in [-0.39, 0.29) is 12.0 Å². The van der Waals surface area contributed by atoms with Crippen LogP contribution in [-0.2, 0) is 4.79 Å². The highest BCUT2D eigenvalue weighted by molar-refractivity contribution is 5.70. The van der Waals surface area contributed by atoms with Crippen LogP contribution in [0.25, 0.3) is 0 Å². The largest absolute Gasteiger partial charge is 0.481 e. The molecule has 2 atom stereocenters. The van der Waals surface area contributed by atoms with Crippen LogP contribution in [0.1, 0.15) is 39.5 Å². The summed E-state index contributed by atoms with van der Waals surface area (Å²) in [5, 5.41) is 8.94. The minimum absolute atomic E-state index is 0.128. The highest BCUT2D eigenvalue weighted by atomic mass is 16.4. The van der Waals surface area contributed by atoms with Gasteiger partial charge >= 0.3 is 5.97 Å². The molecule has 3 nitrogen and oxygen atoms in total. The van der Waals surface area contributed by atoms with Crippen LogP contribution in [0, 0.1) is 11.8 Å². The molecule has 0 amide bonds. The van der Waals surface area contributed by atoms with Crippen molar-refractivity contribution in [2.24, 2.45) is 11.8 Å². The molecular weight excluding hydrogens is 190 g/mol. The van der Waals surface area contributed by atoms with Gasteiger partial charge in [-0.2, -0.15) is 0 Å². The fourth-order valence-electron chi connectivity index (χ4n) is 2.35. The lowest BCUT2D eigenvalue weighted by molar-refractivity contribution is -0.143. The van der Waals surface area contributed by atoms with Crippen molar-refractivity contribution in [3.05, 3.63) is 0 Å². The predicted molar refractivity (Wildman–Crippen MR) is 60.8 cm³/mol. The molecule has 0 radical (unpaired) electrons. The van der Waals surface area contributed by atoms with E-state index in [4.69, 9.17) is 5.11 Å². The molecule has 0 saturated heterocycles. The van der Waals surface area contributed by atoms with Crippen molar-refractivity contribution < 1.29 is 9.90 Å². The van der Waals surface area contributed by atoms with Gasteiger partial charge in [0.05, 0.1) is 5.92 Å². The molecule has 1 fully saturated rings. The molecular formula is C12H23NO2. The third-order valence-corrected chi connectivity index (χ3v) is 3.83. The van der Waals surface area contributed by atoms with Crippen LogP contribution < -0.4 is 0 Å². The second-order valence-corrected chi connectivity index (χ2v) is 4.96. The van der Waals surface area contributed by atoms with E-state index in [1.807, 2.05) is 14.0 Å². The quantitative estimate of drug-likeness (QED) is 0.761. The zero-order valence-corrected chi connectivity index (χ0v) is 10.1. The van der Waals surface area contributed by atoms with E-state index >= 15 is 0 Å². The van der Waals surface area contributed by atoms with Gasteiger partial charge in [-0.05, 0) is 32.7 Å². The monoisotopic (exact) mass is 213 g/mol. The summed E-state index contributed by atoms with van der Waals surface area (Å²) in [7, 11) is 2.04. The summed E-state index contributed by atoms with van der Waals surface area (Å²) in [6.07, 6.45) is 5.33. The maximum Gasteiger partial charge on any atom is 0.307 e. The van der Waals surface area contributed by atoms with Crippen LogP contribution >= 0.6 is 0 Å². The molecule has 2 unspecified atom stereocenters. The van der Waals surface area contributed by atoms with E-state index in [1.165, 1.54) is 25.7 Å². The Hall–Kier alpha value is -0.570. The van der Waals surface area contributed by atoms with E-state index in [1.54, 1.807) is 6.92 Å². The zero-order chi connectivity index (χ0) is 11.4. The molecule has 0 aromatic heterocycles. The van der Waals surface area contributed by atoms with Crippen molar-refractivity contribution in [2.45, 2.75) is 45.6 Å². The first-order chi connectivity index (χ1) is 7.02. The Morgan fingerprint density at radius 3 is 2.40 bits per heavy atom. The van der Waals surface area contributed by atoms with Gasteiger partial charge in [-0.3, -0.25) is 4.79 Å². The molecule has 1 N–H and O–H groups in total. The van der Waals surface area contributed by atoms with Crippen molar-refractivity contribution >= 4 is 5.97 Å². The summed E-state index contributed by atoms with van der Waals surface area (Å²) < 4.78 is 0. The van der Waals surface area contributed by atoms with Crippen LogP contribution in [0.3, 0.4) is 0 Å². The highest BCUT2D eigenvalue weighted by Gasteiger charge is 2.25. The summed E-state index contributed by atoms with van der Waals surface area (Å²) in [5.41, 5.74) is 0. The van der Waals surface area contributed by atoms with E-state index < -0.39 is 5.97 Å². The summed E-state index contributed by atoms with van der Waals surface area (Å²) in [4.78, 5) is 13.1. The normalized spacial score (nSPS) is 21.9. The maximum atomic E-state index is 10.9. The number of aliphatic carboxylic acids is 1. The first-order valence-electron chi connectivity index (χ1n) is 5.95. The molecule has 1 aliphatic rings. The molecule has 1 saturated carbocycles. The van der Waals surface area contributed by atoms with E-state index in [0.717, 1.165) is 12.5 Å². The number of rotatable bonds is 5. The number of hydrogen-bond donors (Lipinski definition) is 1. The van der Waals surface area contributed by atoms with E-state index in [0.29, 0.717) is 0 Å². The van der Waals surface area contributed by atoms with Crippen LogP contribution in [0.4, 0.5) is 0 Å². The molecule has 0 spiro atoms. The molecule has 0 aromatic carbocycles. The summed E-state index contributed by atoms with van der Waals surface area (Å²) in [5.74, 6) is -0.185. The Balaban J connectivity index is 2.37. The van der Waals surface area contributed by atoms with Crippen molar-refractivity contribution in [3.8, 4) is 0 Å². The summed E-state index contributed by atoms with van der Waals surface area (Å²) in [6.45, 7) is 4.85. The first-order valence-corrected chi connectivity index (χ1v) is 5.95. The van der Waals surface area contributed by atoms with E-state index in [9.17, 15) is 4.79 Å². The van der Waals surface area contributed by atoms with Crippen molar-refractivity contribution in [2.75, 3.05) is 13.6 Å². The van der Waals surface area contributed by atoms with Crippen LogP contribution in [0.5, 0.6) is 0 Å². The Bertz CT molecular complexity index is 212. The molecule has 88 valence electrons. The van der Waals surface area contributed by atoms with Crippen LogP contribution in [0.15, 0.2) is 0 Å².